The molecule has 3 nitrogen and oxygen atoms in total. The smallest absolute Gasteiger partial charge is 0.306 e. The van der Waals surface area contributed by atoms with Crippen LogP contribution >= 0.6 is 0 Å². The Kier molecular flexibility index (Phi) is 4.11. The highest BCUT2D eigenvalue weighted by atomic mass is 16.5. The van der Waals surface area contributed by atoms with E-state index in [2.05, 4.69) is 4.98 Å². The van der Waals surface area contributed by atoms with Crippen LogP contribution < -0.4 is 0 Å². The van der Waals surface area contributed by atoms with Crippen LogP contribution in [-0.2, 0) is 9.53 Å². The van der Waals surface area contributed by atoms with Crippen molar-refractivity contribution in [2.75, 3.05) is 0 Å². The second kappa shape index (κ2) is 5.37. The minimum absolute atomic E-state index is 0.149. The lowest BCUT2D eigenvalue weighted by atomic mass is 10.2. The highest BCUT2D eigenvalue weighted by Gasteiger charge is 2.10. The molecule has 76 valence electrons. The molecule has 1 rings (SSSR count). The van der Waals surface area contributed by atoms with Crippen LogP contribution in [0, 0.1) is 0 Å². The van der Waals surface area contributed by atoms with Crippen LogP contribution in [0.3, 0.4) is 0 Å². The third kappa shape index (κ3) is 3.17. The van der Waals surface area contributed by atoms with Crippen molar-refractivity contribution in [2.45, 2.75) is 32.8 Å². The third-order valence-electron chi connectivity index (χ3n) is 1.92. The molecular weight excluding hydrogens is 178 g/mol. The van der Waals surface area contributed by atoms with E-state index in [0.29, 0.717) is 6.42 Å². The van der Waals surface area contributed by atoms with E-state index in [0.717, 1.165) is 12.0 Å². The quantitative estimate of drug-likeness (QED) is 0.689. The fraction of sp³-hybridized carbons (Fsp3) is 0.455. The number of nitrogens with zero attached hydrogens (tertiary/aromatic N) is 1. The van der Waals surface area contributed by atoms with Gasteiger partial charge in [-0.1, -0.05) is 13.0 Å². The molecule has 1 heterocycles. The number of carbonyl (C=O) groups excluding carboxylic acids is 1. The molecule has 0 fully saturated rings. The summed E-state index contributed by atoms with van der Waals surface area (Å²) in [6.45, 7) is 3.81. The van der Waals surface area contributed by atoms with Gasteiger partial charge in [0.2, 0.25) is 0 Å². The summed E-state index contributed by atoms with van der Waals surface area (Å²) in [6.07, 6.45) is 4.50. The van der Waals surface area contributed by atoms with E-state index in [1.54, 1.807) is 12.4 Å². The average Bonchev–Trinajstić information content (AvgIpc) is 2.19. The fourth-order valence-electron chi connectivity index (χ4n) is 1.14. The van der Waals surface area contributed by atoms with Gasteiger partial charge in [-0.3, -0.25) is 9.78 Å². The molecule has 1 aromatic rings. The van der Waals surface area contributed by atoms with Crippen molar-refractivity contribution < 1.29 is 9.53 Å². The highest BCUT2D eigenvalue weighted by Crippen LogP contribution is 2.15. The number of carbonyl (C=O) groups is 1. The van der Waals surface area contributed by atoms with E-state index in [-0.39, 0.29) is 12.1 Å². The van der Waals surface area contributed by atoms with Gasteiger partial charge in [0.05, 0.1) is 0 Å². The van der Waals surface area contributed by atoms with Crippen molar-refractivity contribution in [2.24, 2.45) is 0 Å². The molecule has 0 amide bonds. The topological polar surface area (TPSA) is 39.2 Å². The number of pyridine rings is 1. The van der Waals surface area contributed by atoms with Crippen molar-refractivity contribution in [1.29, 1.82) is 0 Å². The Bertz CT molecular complexity index is 285. The van der Waals surface area contributed by atoms with E-state index in [1.165, 1.54) is 0 Å². The summed E-state index contributed by atoms with van der Waals surface area (Å²) in [5, 5.41) is 0. The van der Waals surface area contributed by atoms with Gasteiger partial charge in [-0.05, 0) is 19.4 Å². The summed E-state index contributed by atoms with van der Waals surface area (Å²) >= 11 is 0. The summed E-state index contributed by atoms with van der Waals surface area (Å²) in [7, 11) is 0. The number of aromatic nitrogens is 1. The molecule has 0 radical (unpaired) electrons. The van der Waals surface area contributed by atoms with Gasteiger partial charge < -0.3 is 4.74 Å². The van der Waals surface area contributed by atoms with Gasteiger partial charge in [-0.25, -0.2) is 0 Å². The molecule has 0 aromatic carbocycles. The Hall–Kier alpha value is -1.38. The SMILES string of the molecule is CCCC(=O)O[C@H](C)c1cccnc1. The van der Waals surface area contributed by atoms with Gasteiger partial charge in [-0.15, -0.1) is 0 Å². The molecule has 0 saturated carbocycles. The predicted octanol–water partition coefficient (Wildman–Crippen LogP) is 2.49. The van der Waals surface area contributed by atoms with Crippen LogP contribution in [0.5, 0.6) is 0 Å². The van der Waals surface area contributed by atoms with Crippen LogP contribution in [-0.4, -0.2) is 11.0 Å². The number of hydrogen-bond acceptors (Lipinski definition) is 3. The molecule has 3 heteroatoms. The van der Waals surface area contributed by atoms with Crippen molar-refractivity contribution in [1.82, 2.24) is 4.98 Å². The average molecular weight is 193 g/mol. The van der Waals surface area contributed by atoms with Gasteiger partial charge in [-0.2, -0.15) is 0 Å². The Balaban J connectivity index is 2.50. The lowest BCUT2D eigenvalue weighted by Gasteiger charge is -2.12. The molecule has 0 saturated heterocycles. The fourth-order valence-corrected chi connectivity index (χ4v) is 1.14. The normalized spacial score (nSPS) is 12.1. The van der Waals surface area contributed by atoms with E-state index in [4.69, 9.17) is 4.74 Å². The van der Waals surface area contributed by atoms with Crippen LogP contribution in [0.25, 0.3) is 0 Å². The molecule has 0 aliphatic carbocycles. The molecule has 14 heavy (non-hydrogen) atoms. The molecule has 0 aliphatic heterocycles. The third-order valence-corrected chi connectivity index (χ3v) is 1.92. The van der Waals surface area contributed by atoms with Crippen molar-refractivity contribution in [3.8, 4) is 0 Å². The highest BCUT2D eigenvalue weighted by molar-refractivity contribution is 5.69. The van der Waals surface area contributed by atoms with Crippen molar-refractivity contribution in [3.63, 3.8) is 0 Å². The first-order valence-corrected chi connectivity index (χ1v) is 4.83. The van der Waals surface area contributed by atoms with Gasteiger partial charge >= 0.3 is 5.97 Å². The molecule has 0 bridgehead atoms. The molecule has 0 unspecified atom stereocenters. The van der Waals surface area contributed by atoms with E-state index >= 15 is 0 Å². The van der Waals surface area contributed by atoms with Gasteiger partial charge in [0.25, 0.3) is 0 Å². The number of ether oxygens (including phenoxy) is 1. The minimum atomic E-state index is -0.206. The maximum absolute atomic E-state index is 11.2. The molecule has 0 aliphatic rings. The van der Waals surface area contributed by atoms with Crippen LogP contribution in [0.1, 0.15) is 38.4 Å². The van der Waals surface area contributed by atoms with Crippen LogP contribution in [0.2, 0.25) is 0 Å². The monoisotopic (exact) mass is 193 g/mol. The largest absolute Gasteiger partial charge is 0.458 e. The minimum Gasteiger partial charge on any atom is -0.458 e. The molecule has 0 N–H and O–H groups in total. The summed E-state index contributed by atoms with van der Waals surface area (Å²) in [4.78, 5) is 15.2. The lowest BCUT2D eigenvalue weighted by Crippen LogP contribution is -2.08. The number of esters is 1. The predicted molar refractivity (Wildman–Crippen MR) is 53.7 cm³/mol. The number of rotatable bonds is 4. The summed E-state index contributed by atoms with van der Waals surface area (Å²) in [5.74, 6) is -0.149. The Morgan fingerprint density at radius 3 is 3.00 bits per heavy atom. The zero-order valence-electron chi connectivity index (χ0n) is 8.56. The molecular formula is C11H15NO2. The van der Waals surface area contributed by atoms with E-state index in [9.17, 15) is 4.79 Å². The number of hydrogen-bond donors (Lipinski definition) is 0. The van der Waals surface area contributed by atoms with Gasteiger partial charge in [0.15, 0.2) is 0 Å². The van der Waals surface area contributed by atoms with Crippen molar-refractivity contribution >= 4 is 5.97 Å². The first kappa shape index (κ1) is 10.7. The van der Waals surface area contributed by atoms with Crippen molar-refractivity contribution in [3.05, 3.63) is 30.1 Å². The summed E-state index contributed by atoms with van der Waals surface area (Å²) < 4.78 is 5.20. The zero-order valence-corrected chi connectivity index (χ0v) is 8.56. The maximum Gasteiger partial charge on any atom is 0.306 e. The Labute approximate surface area is 84.1 Å². The van der Waals surface area contributed by atoms with Gasteiger partial charge in [0, 0.05) is 24.4 Å². The molecule has 0 spiro atoms. The Morgan fingerprint density at radius 1 is 1.64 bits per heavy atom. The van der Waals surface area contributed by atoms with Gasteiger partial charge in [0.1, 0.15) is 6.10 Å². The lowest BCUT2D eigenvalue weighted by molar-refractivity contribution is -0.148. The maximum atomic E-state index is 11.2. The summed E-state index contributed by atoms with van der Waals surface area (Å²) in [6, 6.07) is 3.73. The van der Waals surface area contributed by atoms with Crippen LogP contribution in [0.15, 0.2) is 24.5 Å². The van der Waals surface area contributed by atoms with E-state index < -0.39 is 0 Å². The van der Waals surface area contributed by atoms with E-state index in [1.807, 2.05) is 26.0 Å². The first-order valence-electron chi connectivity index (χ1n) is 4.83. The molecule has 1 aromatic heterocycles. The second-order valence-electron chi connectivity index (χ2n) is 3.17. The first-order chi connectivity index (χ1) is 6.74. The summed E-state index contributed by atoms with van der Waals surface area (Å²) in [5.41, 5.74) is 0.928. The Morgan fingerprint density at radius 2 is 2.43 bits per heavy atom. The standard InChI is InChI=1S/C11H15NO2/c1-3-5-11(13)14-9(2)10-6-4-7-12-8-10/h4,6-9H,3,5H2,1-2H3/t9-/m1/s1. The second-order valence-corrected chi connectivity index (χ2v) is 3.17. The molecule has 1 atom stereocenters. The zero-order chi connectivity index (χ0) is 10.4. The van der Waals surface area contributed by atoms with Crippen LogP contribution in [0.4, 0.5) is 0 Å².